The maximum absolute atomic E-state index is 12.4. The highest BCUT2D eigenvalue weighted by molar-refractivity contribution is 7.83. The Labute approximate surface area is 134 Å². The highest BCUT2D eigenvalue weighted by atomic mass is 32.2. The molecule has 0 spiro atoms. The maximum atomic E-state index is 12.4. The highest BCUT2D eigenvalue weighted by Crippen LogP contribution is 2.10. The minimum Gasteiger partial charge on any atom is -0.342 e. The number of carbonyl (C=O) groups is 2. The number of rotatable bonds is 7. The third-order valence-corrected chi connectivity index (χ3v) is 4.12. The molecular weight excluding hydrogens is 300 g/mol. The van der Waals surface area contributed by atoms with Crippen LogP contribution >= 0.6 is 0 Å². The Morgan fingerprint density at radius 3 is 2.36 bits per heavy atom. The van der Waals surface area contributed by atoms with E-state index in [0.29, 0.717) is 24.4 Å². The van der Waals surface area contributed by atoms with E-state index in [1.54, 1.807) is 36.4 Å². The first-order valence-corrected chi connectivity index (χ1v) is 9.03. The molecule has 5 nitrogen and oxygen atoms in total. The van der Waals surface area contributed by atoms with Gasteiger partial charge < -0.3 is 9.80 Å². The molecule has 0 saturated heterocycles. The van der Waals surface area contributed by atoms with Crippen LogP contribution in [0.25, 0.3) is 0 Å². The van der Waals surface area contributed by atoms with Crippen LogP contribution in [0.4, 0.5) is 0 Å². The van der Waals surface area contributed by atoms with Crippen molar-refractivity contribution in [2.75, 3.05) is 32.9 Å². The summed E-state index contributed by atoms with van der Waals surface area (Å²) in [6, 6.07) is 7.07. The predicted molar refractivity (Wildman–Crippen MR) is 89.1 cm³/mol. The lowest BCUT2D eigenvalue weighted by Crippen LogP contribution is -2.41. The summed E-state index contributed by atoms with van der Waals surface area (Å²) in [5.41, 5.74) is 1.37. The molecule has 6 heteroatoms. The molecule has 0 aliphatic carbocycles. The molecule has 0 aliphatic heterocycles. The summed E-state index contributed by atoms with van der Waals surface area (Å²) >= 11 is 0. The molecule has 0 saturated carbocycles. The van der Waals surface area contributed by atoms with Gasteiger partial charge in [0.2, 0.25) is 5.91 Å². The lowest BCUT2D eigenvalue weighted by Gasteiger charge is -2.23. The van der Waals surface area contributed by atoms with Gasteiger partial charge in [-0.2, -0.15) is 0 Å². The van der Waals surface area contributed by atoms with Crippen molar-refractivity contribution in [3.8, 4) is 0 Å². The molecule has 22 heavy (non-hydrogen) atoms. The van der Waals surface area contributed by atoms with Gasteiger partial charge in [0.1, 0.15) is 0 Å². The summed E-state index contributed by atoms with van der Waals surface area (Å²) < 4.78 is 11.3. The van der Waals surface area contributed by atoms with Crippen LogP contribution in [0.1, 0.15) is 29.8 Å². The number of carbonyl (C=O) groups excluding carboxylic acids is 2. The zero-order valence-electron chi connectivity index (χ0n) is 13.7. The third-order valence-electron chi connectivity index (χ3n) is 3.38. The van der Waals surface area contributed by atoms with Crippen molar-refractivity contribution in [1.82, 2.24) is 9.80 Å². The fourth-order valence-corrected chi connectivity index (χ4v) is 2.85. The Morgan fingerprint density at radius 2 is 1.82 bits per heavy atom. The van der Waals surface area contributed by atoms with E-state index < -0.39 is 10.8 Å². The van der Waals surface area contributed by atoms with Crippen molar-refractivity contribution in [2.45, 2.75) is 19.6 Å². The Balaban J connectivity index is 2.78. The quantitative estimate of drug-likeness (QED) is 0.764. The van der Waals surface area contributed by atoms with E-state index in [9.17, 15) is 13.8 Å². The van der Waals surface area contributed by atoms with Gasteiger partial charge in [0.25, 0.3) is 5.91 Å². The van der Waals surface area contributed by atoms with Crippen LogP contribution in [0.5, 0.6) is 0 Å². The van der Waals surface area contributed by atoms with E-state index in [0.717, 1.165) is 5.56 Å². The van der Waals surface area contributed by atoms with Crippen molar-refractivity contribution < 1.29 is 13.8 Å². The number of hydrogen-bond acceptors (Lipinski definition) is 3. The van der Waals surface area contributed by atoms with Crippen LogP contribution in [0, 0.1) is 0 Å². The lowest BCUT2D eigenvalue weighted by molar-refractivity contribution is -0.131. The van der Waals surface area contributed by atoms with Crippen molar-refractivity contribution in [3.63, 3.8) is 0 Å². The van der Waals surface area contributed by atoms with E-state index >= 15 is 0 Å². The maximum Gasteiger partial charge on any atom is 0.254 e. The fraction of sp³-hybridized carbons (Fsp3) is 0.500. The number of likely N-dealkylation sites (N-methyl/N-ethyl adjacent to an activating group) is 2. The topological polar surface area (TPSA) is 57.7 Å². The standard InChI is InChI=1S/C16H24N2O3S/c1-5-18(6-2)15(19)11-17(3)16(20)14-9-7-8-13(10-14)12-22(4)21/h7-10H,5-6,11-12H2,1-4H3. The van der Waals surface area contributed by atoms with Gasteiger partial charge >= 0.3 is 0 Å². The lowest BCUT2D eigenvalue weighted by atomic mass is 10.1. The summed E-state index contributed by atoms with van der Waals surface area (Å²) in [6.45, 7) is 5.16. The summed E-state index contributed by atoms with van der Waals surface area (Å²) in [5, 5.41) is 0. The smallest absolute Gasteiger partial charge is 0.254 e. The SMILES string of the molecule is CCN(CC)C(=O)CN(C)C(=O)c1cccc(CS(C)=O)c1. The highest BCUT2D eigenvalue weighted by Gasteiger charge is 2.18. The first-order chi connectivity index (χ1) is 10.4. The summed E-state index contributed by atoms with van der Waals surface area (Å²) in [6.07, 6.45) is 1.63. The van der Waals surface area contributed by atoms with Gasteiger partial charge in [-0.05, 0) is 31.5 Å². The Hall–Kier alpha value is -1.69. The van der Waals surface area contributed by atoms with E-state index in [1.807, 2.05) is 19.9 Å². The molecule has 1 aromatic rings. The Kier molecular flexibility index (Phi) is 7.24. The molecule has 0 bridgehead atoms. The second kappa shape index (κ2) is 8.68. The molecule has 1 unspecified atom stereocenters. The molecule has 1 rings (SSSR count). The zero-order chi connectivity index (χ0) is 16.7. The summed E-state index contributed by atoms with van der Waals surface area (Å²) in [5.74, 6) is 0.152. The summed E-state index contributed by atoms with van der Waals surface area (Å²) in [7, 11) is 0.667. The molecule has 0 radical (unpaired) electrons. The van der Waals surface area contributed by atoms with Crippen molar-refractivity contribution in [3.05, 3.63) is 35.4 Å². The van der Waals surface area contributed by atoms with Gasteiger partial charge in [-0.1, -0.05) is 12.1 Å². The van der Waals surface area contributed by atoms with Gasteiger partial charge in [-0.15, -0.1) is 0 Å². The second-order valence-electron chi connectivity index (χ2n) is 5.15. The first kappa shape index (κ1) is 18.4. The Bertz CT molecular complexity index is 556. The minimum absolute atomic E-state index is 0.0600. The molecular formula is C16H24N2O3S. The molecule has 0 fully saturated rings. The largest absolute Gasteiger partial charge is 0.342 e. The van der Waals surface area contributed by atoms with E-state index in [2.05, 4.69) is 0 Å². The van der Waals surface area contributed by atoms with Gasteiger partial charge in [0, 0.05) is 48.5 Å². The molecule has 122 valence electrons. The van der Waals surface area contributed by atoms with Crippen molar-refractivity contribution >= 4 is 22.6 Å². The van der Waals surface area contributed by atoms with Crippen LogP contribution in [-0.2, 0) is 21.3 Å². The van der Waals surface area contributed by atoms with Crippen molar-refractivity contribution in [1.29, 1.82) is 0 Å². The molecule has 0 aromatic heterocycles. The molecule has 0 aliphatic rings. The first-order valence-electron chi connectivity index (χ1n) is 7.31. The molecule has 0 N–H and O–H groups in total. The predicted octanol–water partition coefficient (Wildman–Crippen LogP) is 1.51. The van der Waals surface area contributed by atoms with Crippen LogP contribution in [0.2, 0.25) is 0 Å². The van der Waals surface area contributed by atoms with E-state index in [-0.39, 0.29) is 18.4 Å². The van der Waals surface area contributed by atoms with Gasteiger partial charge in [-0.25, -0.2) is 0 Å². The minimum atomic E-state index is -0.952. The number of hydrogen-bond donors (Lipinski definition) is 0. The van der Waals surface area contributed by atoms with Crippen molar-refractivity contribution in [2.24, 2.45) is 0 Å². The zero-order valence-corrected chi connectivity index (χ0v) is 14.5. The average molecular weight is 324 g/mol. The fourth-order valence-electron chi connectivity index (χ4n) is 2.20. The van der Waals surface area contributed by atoms with Crippen LogP contribution in [0.15, 0.2) is 24.3 Å². The molecule has 1 atom stereocenters. The number of nitrogens with zero attached hydrogens (tertiary/aromatic N) is 2. The molecule has 1 aromatic carbocycles. The number of benzene rings is 1. The van der Waals surface area contributed by atoms with Gasteiger partial charge in [0.15, 0.2) is 0 Å². The average Bonchev–Trinajstić information content (AvgIpc) is 2.47. The van der Waals surface area contributed by atoms with E-state index in [1.165, 1.54) is 4.90 Å². The second-order valence-corrected chi connectivity index (χ2v) is 6.58. The van der Waals surface area contributed by atoms with Gasteiger partial charge in [-0.3, -0.25) is 13.8 Å². The van der Waals surface area contributed by atoms with Gasteiger partial charge in [0.05, 0.1) is 6.54 Å². The Morgan fingerprint density at radius 1 is 1.18 bits per heavy atom. The van der Waals surface area contributed by atoms with Crippen LogP contribution in [-0.4, -0.2) is 58.8 Å². The normalized spacial score (nSPS) is 11.8. The summed E-state index contributed by atoms with van der Waals surface area (Å²) in [4.78, 5) is 27.6. The third kappa shape index (κ3) is 5.26. The van der Waals surface area contributed by atoms with Crippen LogP contribution in [0.3, 0.4) is 0 Å². The monoisotopic (exact) mass is 324 g/mol. The molecule has 0 heterocycles. The van der Waals surface area contributed by atoms with E-state index in [4.69, 9.17) is 0 Å². The van der Waals surface area contributed by atoms with Crippen LogP contribution < -0.4 is 0 Å². The number of amides is 2. The molecule has 2 amide bonds.